The Balaban J connectivity index is 1.59. The molecule has 0 bridgehead atoms. The zero-order chi connectivity index (χ0) is 20.1. The first-order valence-electron chi connectivity index (χ1n) is 9.12. The van der Waals surface area contributed by atoms with Crippen LogP contribution in [0.5, 0.6) is 0 Å². The van der Waals surface area contributed by atoms with Crippen LogP contribution in [0.2, 0.25) is 0 Å². The van der Waals surface area contributed by atoms with Gasteiger partial charge in [-0.1, -0.05) is 30.3 Å². The predicted octanol–water partition coefficient (Wildman–Crippen LogP) is 2.81. The largest absolute Gasteiger partial charge is 0.342 e. The molecule has 0 aliphatic carbocycles. The molecule has 3 rings (SSSR count). The Bertz CT molecular complexity index is 886. The molecule has 1 heterocycles. The van der Waals surface area contributed by atoms with Crippen LogP contribution in [-0.2, 0) is 20.8 Å². The van der Waals surface area contributed by atoms with Gasteiger partial charge in [0.05, 0.1) is 11.6 Å². The minimum absolute atomic E-state index is 0.0218. The van der Waals surface area contributed by atoms with E-state index >= 15 is 0 Å². The van der Waals surface area contributed by atoms with Crippen LogP contribution in [-0.4, -0.2) is 35.7 Å². The molecule has 1 aliphatic rings. The summed E-state index contributed by atoms with van der Waals surface area (Å²) in [7, 11) is 0. The van der Waals surface area contributed by atoms with Crippen molar-refractivity contribution < 1.29 is 18.8 Å². The van der Waals surface area contributed by atoms with Crippen LogP contribution in [0.25, 0.3) is 0 Å². The SMILES string of the molecule is CC(=O)Nc1ccc(F)c(NC(=O)C2CC(=O)N(CCc3ccccc3)C2)c1. The Morgan fingerprint density at radius 3 is 2.61 bits per heavy atom. The molecular formula is C21H22FN3O3. The van der Waals surface area contributed by atoms with Crippen molar-refractivity contribution in [3.05, 3.63) is 59.9 Å². The number of halogens is 1. The van der Waals surface area contributed by atoms with Gasteiger partial charge in [-0.25, -0.2) is 4.39 Å². The van der Waals surface area contributed by atoms with E-state index in [9.17, 15) is 18.8 Å². The summed E-state index contributed by atoms with van der Waals surface area (Å²) in [5.74, 6) is -1.92. The zero-order valence-electron chi connectivity index (χ0n) is 15.6. The van der Waals surface area contributed by atoms with Gasteiger partial charge in [-0.3, -0.25) is 14.4 Å². The van der Waals surface area contributed by atoms with Gasteiger partial charge in [0.25, 0.3) is 0 Å². The number of benzene rings is 2. The average molecular weight is 383 g/mol. The highest BCUT2D eigenvalue weighted by Gasteiger charge is 2.34. The number of carbonyl (C=O) groups excluding carboxylic acids is 3. The van der Waals surface area contributed by atoms with E-state index in [-0.39, 0.29) is 23.9 Å². The van der Waals surface area contributed by atoms with Gasteiger partial charge in [-0.15, -0.1) is 0 Å². The number of hydrogen-bond donors (Lipinski definition) is 2. The topological polar surface area (TPSA) is 78.5 Å². The second-order valence-corrected chi connectivity index (χ2v) is 6.84. The number of nitrogens with zero attached hydrogens (tertiary/aromatic N) is 1. The van der Waals surface area contributed by atoms with Crippen LogP contribution < -0.4 is 10.6 Å². The van der Waals surface area contributed by atoms with Crippen molar-refractivity contribution in [1.29, 1.82) is 0 Å². The Morgan fingerprint density at radius 1 is 1.14 bits per heavy atom. The molecule has 1 unspecified atom stereocenters. The summed E-state index contributed by atoms with van der Waals surface area (Å²) in [6.45, 7) is 2.19. The van der Waals surface area contributed by atoms with E-state index in [1.807, 2.05) is 30.3 Å². The van der Waals surface area contributed by atoms with E-state index in [0.717, 1.165) is 5.56 Å². The fourth-order valence-electron chi connectivity index (χ4n) is 3.21. The quantitative estimate of drug-likeness (QED) is 0.805. The molecule has 0 radical (unpaired) electrons. The number of likely N-dealkylation sites (tertiary alicyclic amines) is 1. The Labute approximate surface area is 162 Å². The Morgan fingerprint density at radius 2 is 1.89 bits per heavy atom. The van der Waals surface area contributed by atoms with Gasteiger partial charge in [0.1, 0.15) is 5.82 Å². The molecule has 2 N–H and O–H groups in total. The molecule has 0 aromatic heterocycles. The Hall–Kier alpha value is -3.22. The van der Waals surface area contributed by atoms with Gasteiger partial charge in [0.2, 0.25) is 17.7 Å². The normalized spacial score (nSPS) is 16.1. The fourth-order valence-corrected chi connectivity index (χ4v) is 3.21. The second kappa shape index (κ2) is 8.65. The number of amides is 3. The van der Waals surface area contributed by atoms with E-state index in [0.29, 0.717) is 25.2 Å². The van der Waals surface area contributed by atoms with Crippen molar-refractivity contribution in [2.45, 2.75) is 19.8 Å². The van der Waals surface area contributed by atoms with Crippen LogP contribution in [0.4, 0.5) is 15.8 Å². The monoisotopic (exact) mass is 383 g/mol. The van der Waals surface area contributed by atoms with Gasteiger partial charge >= 0.3 is 0 Å². The lowest BCUT2D eigenvalue weighted by Gasteiger charge is -2.17. The zero-order valence-corrected chi connectivity index (χ0v) is 15.6. The lowest BCUT2D eigenvalue weighted by Crippen LogP contribution is -2.30. The number of hydrogen-bond acceptors (Lipinski definition) is 3. The van der Waals surface area contributed by atoms with Crippen molar-refractivity contribution in [3.63, 3.8) is 0 Å². The number of anilines is 2. The standard InChI is InChI=1S/C21H22FN3O3/c1-14(26)23-17-7-8-18(22)19(12-17)24-21(28)16-11-20(27)25(13-16)10-9-15-5-3-2-4-6-15/h2-8,12,16H,9-11,13H2,1H3,(H,23,26)(H,24,28). The van der Waals surface area contributed by atoms with Crippen LogP contribution in [0, 0.1) is 11.7 Å². The first-order chi connectivity index (χ1) is 13.4. The lowest BCUT2D eigenvalue weighted by atomic mass is 10.1. The van der Waals surface area contributed by atoms with Crippen molar-refractivity contribution >= 4 is 29.1 Å². The van der Waals surface area contributed by atoms with Crippen LogP contribution in [0.1, 0.15) is 18.9 Å². The molecule has 7 heteroatoms. The van der Waals surface area contributed by atoms with Crippen molar-refractivity contribution in [2.75, 3.05) is 23.7 Å². The highest BCUT2D eigenvalue weighted by Crippen LogP contribution is 2.24. The molecule has 1 saturated heterocycles. The maximum atomic E-state index is 14.0. The van der Waals surface area contributed by atoms with Crippen LogP contribution in [0.15, 0.2) is 48.5 Å². The van der Waals surface area contributed by atoms with Gasteiger partial charge in [0, 0.05) is 32.1 Å². The molecule has 28 heavy (non-hydrogen) atoms. The summed E-state index contributed by atoms with van der Waals surface area (Å²) in [4.78, 5) is 37.6. The fraction of sp³-hybridized carbons (Fsp3) is 0.286. The summed E-state index contributed by atoms with van der Waals surface area (Å²) < 4.78 is 14.0. The third kappa shape index (κ3) is 4.94. The maximum absolute atomic E-state index is 14.0. The molecule has 0 spiro atoms. The van der Waals surface area contributed by atoms with Gasteiger partial charge in [0.15, 0.2) is 0 Å². The summed E-state index contributed by atoms with van der Waals surface area (Å²) in [5.41, 5.74) is 1.49. The molecule has 6 nitrogen and oxygen atoms in total. The van der Waals surface area contributed by atoms with Crippen molar-refractivity contribution in [3.8, 4) is 0 Å². The molecule has 2 aromatic rings. The summed E-state index contributed by atoms with van der Waals surface area (Å²) in [6, 6.07) is 13.8. The number of nitrogens with one attached hydrogen (secondary N) is 2. The van der Waals surface area contributed by atoms with Crippen molar-refractivity contribution in [1.82, 2.24) is 4.90 Å². The average Bonchev–Trinajstić information content (AvgIpc) is 3.04. The third-order valence-electron chi connectivity index (χ3n) is 4.64. The first-order valence-corrected chi connectivity index (χ1v) is 9.12. The summed E-state index contributed by atoms with van der Waals surface area (Å²) >= 11 is 0. The van der Waals surface area contributed by atoms with Gasteiger partial charge in [-0.05, 0) is 30.2 Å². The van der Waals surface area contributed by atoms with Crippen LogP contribution in [0.3, 0.4) is 0 Å². The van der Waals surface area contributed by atoms with E-state index in [4.69, 9.17) is 0 Å². The molecular weight excluding hydrogens is 361 g/mol. The maximum Gasteiger partial charge on any atom is 0.229 e. The van der Waals surface area contributed by atoms with E-state index in [2.05, 4.69) is 10.6 Å². The third-order valence-corrected chi connectivity index (χ3v) is 4.64. The van der Waals surface area contributed by atoms with E-state index in [1.54, 1.807) is 4.90 Å². The highest BCUT2D eigenvalue weighted by atomic mass is 19.1. The molecule has 3 amide bonds. The second-order valence-electron chi connectivity index (χ2n) is 6.84. The summed E-state index contributed by atoms with van der Waals surface area (Å²) in [6.07, 6.45) is 0.821. The van der Waals surface area contributed by atoms with E-state index in [1.165, 1.54) is 25.1 Å². The molecule has 0 saturated carbocycles. The lowest BCUT2D eigenvalue weighted by molar-refractivity contribution is -0.128. The summed E-state index contributed by atoms with van der Waals surface area (Å²) in [5, 5.41) is 5.08. The minimum atomic E-state index is -0.604. The Kier molecular flexibility index (Phi) is 6.03. The molecule has 1 atom stereocenters. The molecule has 1 fully saturated rings. The first kappa shape index (κ1) is 19.5. The predicted molar refractivity (Wildman–Crippen MR) is 104 cm³/mol. The highest BCUT2D eigenvalue weighted by molar-refractivity contribution is 5.98. The minimum Gasteiger partial charge on any atom is -0.342 e. The van der Waals surface area contributed by atoms with Crippen LogP contribution >= 0.6 is 0 Å². The number of carbonyl (C=O) groups is 3. The number of rotatable bonds is 6. The molecule has 146 valence electrons. The van der Waals surface area contributed by atoms with E-state index < -0.39 is 17.6 Å². The van der Waals surface area contributed by atoms with Gasteiger partial charge < -0.3 is 15.5 Å². The molecule has 1 aliphatic heterocycles. The molecule has 2 aromatic carbocycles. The smallest absolute Gasteiger partial charge is 0.229 e. The van der Waals surface area contributed by atoms with Gasteiger partial charge in [-0.2, -0.15) is 0 Å². The van der Waals surface area contributed by atoms with Crippen molar-refractivity contribution in [2.24, 2.45) is 5.92 Å².